The number of unbranched alkanes of at least 4 members (excludes halogenated alkanes) is 6. The van der Waals surface area contributed by atoms with Crippen molar-refractivity contribution >= 4 is 17.7 Å². The molecular formula is C28H36N2O3. The standard InChI is InChI=1S/C28H36N2O3/c1-2-3-19-25(22-15-9-8-10-16-22)29-26(31)20-11-6-4-5-7-14-21-30-27(32)23-17-12-13-18-24(23)28(30)33/h8-10,12-13,15-18,25H,2-7,11,14,19-21H2,1H3,(H,29,31)/t25-/m1/s1. The summed E-state index contributed by atoms with van der Waals surface area (Å²) in [5.41, 5.74) is 2.22. The maximum Gasteiger partial charge on any atom is 0.261 e. The summed E-state index contributed by atoms with van der Waals surface area (Å²) in [6, 6.07) is 17.3. The van der Waals surface area contributed by atoms with E-state index in [0.29, 0.717) is 24.1 Å². The molecule has 1 aliphatic rings. The predicted molar refractivity (Wildman–Crippen MR) is 131 cm³/mol. The molecule has 1 N–H and O–H groups in total. The zero-order chi connectivity index (χ0) is 23.5. The van der Waals surface area contributed by atoms with Crippen LogP contribution in [-0.2, 0) is 4.79 Å². The van der Waals surface area contributed by atoms with Gasteiger partial charge in [0.25, 0.3) is 11.8 Å². The number of nitrogens with zero attached hydrogens (tertiary/aromatic N) is 1. The van der Waals surface area contributed by atoms with Crippen LogP contribution in [0.5, 0.6) is 0 Å². The minimum absolute atomic E-state index is 0.0980. The summed E-state index contributed by atoms with van der Waals surface area (Å²) < 4.78 is 0. The van der Waals surface area contributed by atoms with Gasteiger partial charge in [0.05, 0.1) is 17.2 Å². The third-order valence-corrected chi connectivity index (χ3v) is 6.30. The van der Waals surface area contributed by atoms with Crippen LogP contribution in [0.4, 0.5) is 0 Å². The molecule has 1 atom stereocenters. The van der Waals surface area contributed by atoms with Gasteiger partial charge in [-0.3, -0.25) is 19.3 Å². The second kappa shape index (κ2) is 12.9. The van der Waals surface area contributed by atoms with Crippen molar-refractivity contribution in [3.63, 3.8) is 0 Å². The second-order valence-electron chi connectivity index (χ2n) is 8.85. The van der Waals surface area contributed by atoms with Crippen LogP contribution in [0.15, 0.2) is 54.6 Å². The molecule has 5 heteroatoms. The minimum Gasteiger partial charge on any atom is -0.349 e. The third kappa shape index (κ3) is 7.01. The van der Waals surface area contributed by atoms with E-state index in [2.05, 4.69) is 24.4 Å². The van der Waals surface area contributed by atoms with Gasteiger partial charge in [0, 0.05) is 13.0 Å². The highest BCUT2D eigenvalue weighted by Crippen LogP contribution is 2.23. The highest BCUT2D eigenvalue weighted by Gasteiger charge is 2.34. The van der Waals surface area contributed by atoms with Crippen LogP contribution in [0.25, 0.3) is 0 Å². The molecule has 3 amide bonds. The Morgan fingerprint density at radius 3 is 2.00 bits per heavy atom. The van der Waals surface area contributed by atoms with Gasteiger partial charge in [0.15, 0.2) is 0 Å². The van der Waals surface area contributed by atoms with E-state index >= 15 is 0 Å². The Kier molecular flexibility index (Phi) is 9.67. The van der Waals surface area contributed by atoms with Gasteiger partial charge in [-0.25, -0.2) is 0 Å². The highest BCUT2D eigenvalue weighted by molar-refractivity contribution is 6.21. The highest BCUT2D eigenvalue weighted by atomic mass is 16.2. The Bertz CT molecular complexity index is 891. The Morgan fingerprint density at radius 2 is 1.36 bits per heavy atom. The van der Waals surface area contributed by atoms with Crippen molar-refractivity contribution in [2.24, 2.45) is 0 Å². The summed E-state index contributed by atoms with van der Waals surface area (Å²) in [6.45, 7) is 2.65. The molecule has 0 spiro atoms. The molecule has 0 unspecified atom stereocenters. The van der Waals surface area contributed by atoms with Gasteiger partial charge in [-0.2, -0.15) is 0 Å². The molecule has 0 saturated heterocycles. The Morgan fingerprint density at radius 1 is 0.788 bits per heavy atom. The summed E-state index contributed by atoms with van der Waals surface area (Å²) >= 11 is 0. The Hall–Kier alpha value is -2.95. The monoisotopic (exact) mass is 448 g/mol. The predicted octanol–water partition coefficient (Wildman–Crippen LogP) is 6.06. The summed E-state index contributed by atoms with van der Waals surface area (Å²) in [6.07, 6.45) is 9.57. The van der Waals surface area contributed by atoms with E-state index in [1.165, 1.54) is 10.5 Å². The maximum atomic E-state index is 12.4. The smallest absolute Gasteiger partial charge is 0.261 e. The van der Waals surface area contributed by atoms with Crippen molar-refractivity contribution in [3.05, 3.63) is 71.3 Å². The van der Waals surface area contributed by atoms with Crippen LogP contribution in [-0.4, -0.2) is 29.2 Å². The van der Waals surface area contributed by atoms with Gasteiger partial charge in [-0.1, -0.05) is 87.9 Å². The molecule has 0 saturated carbocycles. The molecule has 2 aromatic carbocycles. The van der Waals surface area contributed by atoms with Gasteiger partial charge >= 0.3 is 0 Å². The van der Waals surface area contributed by atoms with E-state index in [-0.39, 0.29) is 23.8 Å². The van der Waals surface area contributed by atoms with Crippen molar-refractivity contribution in [2.45, 2.75) is 77.2 Å². The van der Waals surface area contributed by atoms with Crippen LogP contribution in [0.1, 0.15) is 103 Å². The molecule has 0 bridgehead atoms. The van der Waals surface area contributed by atoms with E-state index in [1.807, 2.05) is 18.2 Å². The van der Waals surface area contributed by atoms with Crippen molar-refractivity contribution in [1.82, 2.24) is 10.2 Å². The third-order valence-electron chi connectivity index (χ3n) is 6.30. The fraction of sp³-hybridized carbons (Fsp3) is 0.464. The molecule has 1 heterocycles. The fourth-order valence-electron chi connectivity index (χ4n) is 4.39. The number of nitrogens with one attached hydrogen (secondary N) is 1. The van der Waals surface area contributed by atoms with Crippen molar-refractivity contribution in [1.29, 1.82) is 0 Å². The molecule has 0 aliphatic carbocycles. The second-order valence-corrected chi connectivity index (χ2v) is 8.85. The lowest BCUT2D eigenvalue weighted by Crippen LogP contribution is -2.30. The topological polar surface area (TPSA) is 66.5 Å². The van der Waals surface area contributed by atoms with Gasteiger partial charge in [-0.05, 0) is 37.0 Å². The molecule has 3 rings (SSSR count). The van der Waals surface area contributed by atoms with E-state index in [1.54, 1.807) is 24.3 Å². The van der Waals surface area contributed by atoms with Gasteiger partial charge < -0.3 is 5.32 Å². The van der Waals surface area contributed by atoms with Crippen molar-refractivity contribution < 1.29 is 14.4 Å². The summed E-state index contributed by atoms with van der Waals surface area (Å²) in [5.74, 6) is -0.214. The first-order valence-electron chi connectivity index (χ1n) is 12.4. The molecule has 5 nitrogen and oxygen atoms in total. The normalized spacial score (nSPS) is 13.8. The molecule has 33 heavy (non-hydrogen) atoms. The Labute approximate surface area is 197 Å². The molecule has 1 aliphatic heterocycles. The van der Waals surface area contributed by atoms with Crippen LogP contribution in [0.3, 0.4) is 0 Å². The number of rotatable bonds is 14. The zero-order valence-electron chi connectivity index (χ0n) is 19.7. The average molecular weight is 449 g/mol. The SMILES string of the molecule is CCCC[C@@H](NC(=O)CCCCCCCCN1C(=O)c2ccccc2C1=O)c1ccccc1. The number of fused-ring (bicyclic) bond motifs is 1. The quantitative estimate of drug-likeness (QED) is 0.282. The number of imide groups is 1. The van der Waals surface area contributed by atoms with Crippen molar-refractivity contribution in [3.8, 4) is 0 Å². The molecule has 2 aromatic rings. The summed E-state index contributed by atoms with van der Waals surface area (Å²) in [7, 11) is 0. The van der Waals surface area contributed by atoms with E-state index < -0.39 is 0 Å². The summed E-state index contributed by atoms with van der Waals surface area (Å²) in [4.78, 5) is 38.6. The largest absolute Gasteiger partial charge is 0.349 e. The zero-order valence-corrected chi connectivity index (χ0v) is 19.7. The van der Waals surface area contributed by atoms with Crippen molar-refractivity contribution in [2.75, 3.05) is 6.54 Å². The fourth-order valence-corrected chi connectivity index (χ4v) is 4.39. The maximum absolute atomic E-state index is 12.4. The lowest BCUT2D eigenvalue weighted by atomic mass is 10.0. The van der Waals surface area contributed by atoms with E-state index in [0.717, 1.165) is 57.8 Å². The minimum atomic E-state index is -0.172. The van der Waals surface area contributed by atoms with Crippen LogP contribution < -0.4 is 5.32 Å². The summed E-state index contributed by atoms with van der Waals surface area (Å²) in [5, 5.41) is 3.22. The molecule has 0 aromatic heterocycles. The number of hydrogen-bond donors (Lipinski definition) is 1. The lowest BCUT2D eigenvalue weighted by Gasteiger charge is -2.19. The number of benzene rings is 2. The molecule has 176 valence electrons. The average Bonchev–Trinajstić information content (AvgIpc) is 3.08. The Balaban J connectivity index is 1.27. The van der Waals surface area contributed by atoms with Crippen LogP contribution in [0, 0.1) is 0 Å². The van der Waals surface area contributed by atoms with E-state index in [4.69, 9.17) is 0 Å². The molecule has 0 radical (unpaired) electrons. The first kappa shape index (κ1) is 24.7. The van der Waals surface area contributed by atoms with Gasteiger partial charge in [-0.15, -0.1) is 0 Å². The van der Waals surface area contributed by atoms with Crippen LogP contribution in [0.2, 0.25) is 0 Å². The molecular weight excluding hydrogens is 412 g/mol. The first-order chi connectivity index (χ1) is 16.1. The van der Waals surface area contributed by atoms with Gasteiger partial charge in [0.1, 0.15) is 0 Å². The van der Waals surface area contributed by atoms with E-state index in [9.17, 15) is 14.4 Å². The first-order valence-corrected chi connectivity index (χ1v) is 12.4. The van der Waals surface area contributed by atoms with Gasteiger partial charge in [0.2, 0.25) is 5.91 Å². The molecule has 0 fully saturated rings. The number of carbonyl (C=O) groups excluding carboxylic acids is 3. The lowest BCUT2D eigenvalue weighted by molar-refractivity contribution is -0.122. The van der Waals surface area contributed by atoms with Crippen LogP contribution >= 0.6 is 0 Å². The number of carbonyl (C=O) groups is 3. The number of hydrogen-bond acceptors (Lipinski definition) is 3. The number of amides is 3.